The molecule has 0 bridgehead atoms. The lowest BCUT2D eigenvalue weighted by molar-refractivity contribution is 0.0992. The van der Waals surface area contributed by atoms with Crippen LogP contribution in [0.2, 0.25) is 0 Å². The topological polar surface area (TPSA) is 117 Å². The maximum atomic E-state index is 13.0. The Hall–Kier alpha value is -2.17. The number of aromatic amines is 1. The molecule has 1 aliphatic heterocycles. The molecule has 0 saturated carbocycles. The van der Waals surface area contributed by atoms with E-state index < -0.39 is 15.9 Å². The third-order valence-corrected chi connectivity index (χ3v) is 6.40. The molecule has 3 N–H and O–H groups in total. The van der Waals surface area contributed by atoms with Crippen molar-refractivity contribution in [1.29, 1.82) is 0 Å². The number of aryl methyl sites for hydroxylation is 1. The van der Waals surface area contributed by atoms with E-state index in [0.29, 0.717) is 19.6 Å². The molecule has 1 unspecified atom stereocenters. The molecule has 1 fully saturated rings. The van der Waals surface area contributed by atoms with Crippen LogP contribution in [0.25, 0.3) is 0 Å². The van der Waals surface area contributed by atoms with Crippen LogP contribution in [-0.4, -0.2) is 64.2 Å². The predicted octanol–water partition coefficient (Wildman–Crippen LogP) is -0.0854. The van der Waals surface area contributed by atoms with Crippen molar-refractivity contribution < 1.29 is 13.2 Å². The summed E-state index contributed by atoms with van der Waals surface area (Å²) in [7, 11) is -2.12. The van der Waals surface area contributed by atoms with Gasteiger partial charge in [-0.1, -0.05) is 6.92 Å². The van der Waals surface area contributed by atoms with Gasteiger partial charge in [-0.2, -0.15) is 4.31 Å². The van der Waals surface area contributed by atoms with Crippen molar-refractivity contribution in [2.45, 2.75) is 17.9 Å². The fourth-order valence-electron chi connectivity index (χ4n) is 3.18. The average Bonchev–Trinajstić information content (AvgIpc) is 3.23. The Morgan fingerprint density at radius 1 is 1.44 bits per heavy atom. The summed E-state index contributed by atoms with van der Waals surface area (Å²) in [6.45, 7) is 4.13. The number of primary amides is 1. The molecule has 1 aliphatic rings. The number of likely N-dealkylation sites (N-methyl/N-ethyl adjacent to an activating group) is 1. The first kappa shape index (κ1) is 17.6. The molecular formula is C15H22N6O3S. The molecule has 0 aliphatic carbocycles. The van der Waals surface area contributed by atoms with E-state index in [2.05, 4.69) is 14.9 Å². The highest BCUT2D eigenvalue weighted by Gasteiger charge is 2.36. The van der Waals surface area contributed by atoms with E-state index in [-0.39, 0.29) is 16.6 Å². The minimum absolute atomic E-state index is 0.0759. The summed E-state index contributed by atoms with van der Waals surface area (Å²) >= 11 is 0. The molecule has 136 valence electrons. The Morgan fingerprint density at radius 2 is 2.20 bits per heavy atom. The standard InChI is InChI=1S/C15H22N6O3S/c1-3-20-6-7-21(10-13(20)15-17-4-5-18-15)25(23,24)11-8-12(14(16)22)19(2)9-11/h4-5,8-9,13H,3,6-7,10H2,1-2H3,(H2,16,22)(H,17,18). The zero-order chi connectivity index (χ0) is 18.2. The van der Waals surface area contributed by atoms with Gasteiger partial charge in [-0.3, -0.25) is 9.69 Å². The van der Waals surface area contributed by atoms with Gasteiger partial charge in [0.25, 0.3) is 5.91 Å². The molecule has 2 aromatic heterocycles. The third kappa shape index (κ3) is 3.20. The van der Waals surface area contributed by atoms with Crippen LogP contribution in [0.5, 0.6) is 0 Å². The summed E-state index contributed by atoms with van der Waals surface area (Å²) < 4.78 is 28.9. The number of rotatable bonds is 5. The van der Waals surface area contributed by atoms with Gasteiger partial charge < -0.3 is 15.3 Å². The van der Waals surface area contributed by atoms with E-state index in [0.717, 1.165) is 12.4 Å². The van der Waals surface area contributed by atoms with Gasteiger partial charge in [0.1, 0.15) is 16.4 Å². The number of imidazole rings is 1. The number of hydrogen-bond donors (Lipinski definition) is 2. The van der Waals surface area contributed by atoms with Gasteiger partial charge in [0.15, 0.2) is 0 Å². The van der Waals surface area contributed by atoms with Gasteiger partial charge in [-0.25, -0.2) is 13.4 Å². The maximum Gasteiger partial charge on any atom is 0.265 e. The van der Waals surface area contributed by atoms with E-state index in [1.165, 1.54) is 21.1 Å². The Balaban J connectivity index is 1.90. The Kier molecular flexibility index (Phi) is 4.67. The van der Waals surface area contributed by atoms with Crippen molar-refractivity contribution in [2.75, 3.05) is 26.2 Å². The van der Waals surface area contributed by atoms with Gasteiger partial charge in [0.2, 0.25) is 10.0 Å². The van der Waals surface area contributed by atoms with Gasteiger partial charge in [0.05, 0.1) is 6.04 Å². The van der Waals surface area contributed by atoms with Crippen molar-refractivity contribution in [3.8, 4) is 0 Å². The first-order valence-electron chi connectivity index (χ1n) is 8.04. The van der Waals surface area contributed by atoms with Gasteiger partial charge in [0, 0.05) is 45.3 Å². The van der Waals surface area contributed by atoms with Crippen LogP contribution < -0.4 is 5.73 Å². The number of piperazine rings is 1. The summed E-state index contributed by atoms with van der Waals surface area (Å²) in [4.78, 5) is 21.0. The number of carbonyl (C=O) groups is 1. The fourth-order valence-corrected chi connectivity index (χ4v) is 4.69. The minimum atomic E-state index is -3.72. The molecule has 1 saturated heterocycles. The highest BCUT2D eigenvalue weighted by molar-refractivity contribution is 7.89. The molecule has 0 aromatic carbocycles. The first-order chi connectivity index (χ1) is 11.8. The molecular weight excluding hydrogens is 344 g/mol. The molecule has 0 radical (unpaired) electrons. The minimum Gasteiger partial charge on any atom is -0.364 e. The number of nitrogens with one attached hydrogen (secondary N) is 1. The third-order valence-electron chi connectivity index (χ3n) is 4.57. The van der Waals surface area contributed by atoms with Crippen LogP contribution in [0, 0.1) is 0 Å². The maximum absolute atomic E-state index is 13.0. The second-order valence-corrected chi connectivity index (χ2v) is 7.96. The van der Waals surface area contributed by atoms with Crippen LogP contribution in [0.4, 0.5) is 0 Å². The van der Waals surface area contributed by atoms with Crippen LogP contribution in [0.1, 0.15) is 29.3 Å². The number of nitrogens with zero attached hydrogens (tertiary/aromatic N) is 4. The normalized spacial score (nSPS) is 20.0. The average molecular weight is 366 g/mol. The molecule has 1 amide bonds. The van der Waals surface area contributed by atoms with Crippen molar-refractivity contribution in [2.24, 2.45) is 12.8 Å². The number of H-pyrrole nitrogens is 1. The Morgan fingerprint density at radius 3 is 2.76 bits per heavy atom. The van der Waals surface area contributed by atoms with E-state index in [1.807, 2.05) is 6.92 Å². The van der Waals surface area contributed by atoms with Gasteiger partial charge in [-0.15, -0.1) is 0 Å². The van der Waals surface area contributed by atoms with Crippen LogP contribution >= 0.6 is 0 Å². The SMILES string of the molecule is CCN1CCN(S(=O)(=O)c2cc(C(N)=O)n(C)c2)CC1c1ncc[nH]1. The van der Waals surface area contributed by atoms with Crippen molar-refractivity contribution in [3.05, 3.63) is 36.2 Å². The second kappa shape index (κ2) is 6.62. The Labute approximate surface area is 146 Å². The van der Waals surface area contributed by atoms with Crippen LogP contribution in [0.15, 0.2) is 29.6 Å². The van der Waals surface area contributed by atoms with Gasteiger partial charge >= 0.3 is 0 Å². The highest BCUT2D eigenvalue weighted by atomic mass is 32.2. The molecule has 25 heavy (non-hydrogen) atoms. The lowest BCUT2D eigenvalue weighted by atomic mass is 10.2. The molecule has 0 spiro atoms. The summed E-state index contributed by atoms with van der Waals surface area (Å²) in [6.07, 6.45) is 4.81. The van der Waals surface area contributed by atoms with Crippen LogP contribution in [-0.2, 0) is 17.1 Å². The van der Waals surface area contributed by atoms with E-state index in [1.54, 1.807) is 19.4 Å². The quantitative estimate of drug-likeness (QED) is 0.767. The van der Waals surface area contributed by atoms with Gasteiger partial charge in [-0.05, 0) is 12.6 Å². The smallest absolute Gasteiger partial charge is 0.265 e. The molecule has 9 nitrogen and oxygen atoms in total. The lowest BCUT2D eigenvalue weighted by Crippen LogP contribution is -2.50. The zero-order valence-electron chi connectivity index (χ0n) is 14.2. The number of nitrogens with two attached hydrogens (primary N) is 1. The first-order valence-corrected chi connectivity index (χ1v) is 9.48. The van der Waals surface area contributed by atoms with Crippen LogP contribution in [0.3, 0.4) is 0 Å². The molecule has 2 aromatic rings. The Bertz CT molecular complexity index is 858. The zero-order valence-corrected chi connectivity index (χ0v) is 15.0. The number of amides is 1. The number of hydrogen-bond acceptors (Lipinski definition) is 5. The van der Waals surface area contributed by atoms with Crippen molar-refractivity contribution in [1.82, 2.24) is 23.7 Å². The molecule has 3 rings (SSSR count). The molecule has 1 atom stereocenters. The fraction of sp³-hybridized carbons (Fsp3) is 0.467. The monoisotopic (exact) mass is 366 g/mol. The lowest BCUT2D eigenvalue weighted by Gasteiger charge is -2.39. The largest absolute Gasteiger partial charge is 0.364 e. The predicted molar refractivity (Wildman–Crippen MR) is 91.3 cm³/mol. The number of aromatic nitrogens is 3. The van der Waals surface area contributed by atoms with E-state index in [4.69, 9.17) is 5.73 Å². The number of sulfonamides is 1. The molecule has 10 heteroatoms. The molecule has 3 heterocycles. The second-order valence-electron chi connectivity index (χ2n) is 6.02. The summed E-state index contributed by atoms with van der Waals surface area (Å²) in [5.41, 5.74) is 5.45. The highest BCUT2D eigenvalue weighted by Crippen LogP contribution is 2.27. The van der Waals surface area contributed by atoms with Crippen molar-refractivity contribution >= 4 is 15.9 Å². The summed E-state index contributed by atoms with van der Waals surface area (Å²) in [5.74, 6) is 0.0841. The van der Waals surface area contributed by atoms with E-state index in [9.17, 15) is 13.2 Å². The van der Waals surface area contributed by atoms with E-state index >= 15 is 0 Å². The summed E-state index contributed by atoms with van der Waals surface area (Å²) in [6, 6.07) is 1.19. The van der Waals surface area contributed by atoms with Crippen molar-refractivity contribution in [3.63, 3.8) is 0 Å². The number of carbonyl (C=O) groups excluding carboxylic acids is 1. The summed E-state index contributed by atoms with van der Waals surface area (Å²) in [5, 5.41) is 0.